The average molecular weight is 372 g/mol. The summed E-state index contributed by atoms with van der Waals surface area (Å²) in [4.78, 5) is 12.4. The summed E-state index contributed by atoms with van der Waals surface area (Å²) in [6, 6.07) is 5.02. The lowest BCUT2D eigenvalue weighted by atomic mass is 10.1. The molecule has 1 amide bonds. The van der Waals surface area contributed by atoms with Crippen molar-refractivity contribution < 1.29 is 32.0 Å². The molecule has 0 saturated carbocycles. The van der Waals surface area contributed by atoms with Crippen LogP contribution < -0.4 is 10.1 Å². The Bertz CT molecular complexity index is 727. The van der Waals surface area contributed by atoms with Crippen molar-refractivity contribution in [3.8, 4) is 17.1 Å². The highest BCUT2D eigenvalue weighted by molar-refractivity contribution is 6.00. The van der Waals surface area contributed by atoms with Crippen LogP contribution in [0.15, 0.2) is 28.8 Å². The molecule has 6 nitrogen and oxygen atoms in total. The smallest absolute Gasteiger partial charge is 0.406 e. The molecule has 2 rings (SSSR count). The molecule has 0 bridgehead atoms. The zero-order valence-electron chi connectivity index (χ0n) is 14.4. The first kappa shape index (κ1) is 19.8. The van der Waals surface area contributed by atoms with Gasteiger partial charge in [-0.3, -0.25) is 4.79 Å². The Morgan fingerprint density at radius 3 is 2.58 bits per heavy atom. The maximum Gasteiger partial charge on any atom is 0.573 e. The van der Waals surface area contributed by atoms with E-state index in [9.17, 15) is 18.0 Å². The topological polar surface area (TPSA) is 73.6 Å². The van der Waals surface area contributed by atoms with Crippen LogP contribution in [0, 0.1) is 6.92 Å². The van der Waals surface area contributed by atoms with Gasteiger partial charge in [-0.05, 0) is 44.5 Å². The van der Waals surface area contributed by atoms with Crippen LogP contribution in [0.2, 0.25) is 0 Å². The van der Waals surface area contributed by atoms with Crippen LogP contribution in [0.3, 0.4) is 0 Å². The third kappa shape index (κ3) is 5.48. The minimum Gasteiger partial charge on any atom is -0.406 e. The van der Waals surface area contributed by atoms with E-state index in [4.69, 9.17) is 9.26 Å². The van der Waals surface area contributed by atoms with Gasteiger partial charge in [0.15, 0.2) is 5.76 Å². The highest BCUT2D eigenvalue weighted by Gasteiger charge is 2.31. The minimum atomic E-state index is -4.77. The van der Waals surface area contributed by atoms with Gasteiger partial charge in [-0.1, -0.05) is 5.16 Å². The number of carbonyl (C=O) groups excluding carboxylic acids is 1. The van der Waals surface area contributed by atoms with Crippen LogP contribution in [0.5, 0.6) is 5.75 Å². The molecule has 0 saturated heterocycles. The molecule has 2 aromatic rings. The second kappa shape index (κ2) is 8.70. The Labute approximate surface area is 148 Å². The van der Waals surface area contributed by atoms with Gasteiger partial charge in [0.05, 0.1) is 5.69 Å². The molecular weight excluding hydrogens is 353 g/mol. The predicted octanol–water partition coefficient (Wildman–Crippen LogP) is 3.71. The minimum absolute atomic E-state index is 0.184. The molecule has 0 unspecified atom stereocenters. The molecule has 1 aromatic carbocycles. The SMILES string of the molecule is CCOCCCNC(=O)c1c(C)noc1-c1ccc(OC(F)(F)F)cc1. The van der Waals surface area contributed by atoms with Crippen molar-refractivity contribution in [2.24, 2.45) is 0 Å². The molecule has 1 heterocycles. The van der Waals surface area contributed by atoms with Crippen molar-refractivity contribution in [2.75, 3.05) is 19.8 Å². The summed E-state index contributed by atoms with van der Waals surface area (Å²) in [5.74, 6) is -0.548. The Kier molecular flexibility index (Phi) is 6.62. The van der Waals surface area contributed by atoms with Crippen molar-refractivity contribution in [2.45, 2.75) is 26.6 Å². The number of hydrogen-bond donors (Lipinski definition) is 1. The summed E-state index contributed by atoms with van der Waals surface area (Å²) >= 11 is 0. The molecule has 142 valence electrons. The number of amides is 1. The summed E-state index contributed by atoms with van der Waals surface area (Å²) < 4.78 is 50.9. The van der Waals surface area contributed by atoms with Crippen LogP contribution in [-0.4, -0.2) is 37.2 Å². The number of benzene rings is 1. The van der Waals surface area contributed by atoms with Gasteiger partial charge in [0.2, 0.25) is 0 Å². The first-order valence-corrected chi connectivity index (χ1v) is 8.00. The van der Waals surface area contributed by atoms with Gasteiger partial charge >= 0.3 is 6.36 Å². The summed E-state index contributed by atoms with van der Waals surface area (Å²) in [7, 11) is 0. The maximum atomic E-state index is 12.4. The molecule has 1 N–H and O–H groups in total. The Morgan fingerprint density at radius 2 is 1.96 bits per heavy atom. The molecule has 0 aliphatic rings. The number of nitrogens with one attached hydrogen (secondary N) is 1. The van der Waals surface area contributed by atoms with Crippen molar-refractivity contribution in [1.29, 1.82) is 0 Å². The van der Waals surface area contributed by atoms with Gasteiger partial charge in [-0.15, -0.1) is 13.2 Å². The predicted molar refractivity (Wildman–Crippen MR) is 86.8 cm³/mol. The number of ether oxygens (including phenoxy) is 2. The van der Waals surface area contributed by atoms with Crippen molar-refractivity contribution in [3.05, 3.63) is 35.5 Å². The van der Waals surface area contributed by atoms with Crippen LogP contribution >= 0.6 is 0 Å². The monoisotopic (exact) mass is 372 g/mol. The number of alkyl halides is 3. The third-order valence-corrected chi connectivity index (χ3v) is 3.40. The van der Waals surface area contributed by atoms with E-state index in [0.29, 0.717) is 37.4 Å². The van der Waals surface area contributed by atoms with Crippen molar-refractivity contribution in [3.63, 3.8) is 0 Å². The molecule has 0 fully saturated rings. The highest BCUT2D eigenvalue weighted by atomic mass is 19.4. The number of hydrogen-bond acceptors (Lipinski definition) is 5. The number of carbonyl (C=O) groups is 1. The van der Waals surface area contributed by atoms with Gasteiger partial charge in [0, 0.05) is 25.3 Å². The third-order valence-electron chi connectivity index (χ3n) is 3.40. The second-order valence-corrected chi connectivity index (χ2v) is 5.35. The number of rotatable bonds is 8. The molecule has 0 atom stereocenters. The van der Waals surface area contributed by atoms with Gasteiger partial charge in [0.25, 0.3) is 5.91 Å². The van der Waals surface area contributed by atoms with Crippen LogP contribution in [0.1, 0.15) is 29.4 Å². The molecule has 0 aliphatic carbocycles. The second-order valence-electron chi connectivity index (χ2n) is 5.35. The number of nitrogens with zero attached hydrogens (tertiary/aromatic N) is 1. The summed E-state index contributed by atoms with van der Waals surface area (Å²) in [6.07, 6.45) is -4.11. The molecule has 9 heteroatoms. The zero-order chi connectivity index (χ0) is 19.2. The molecular formula is C17H19F3N2O4. The fourth-order valence-electron chi connectivity index (χ4n) is 2.25. The van der Waals surface area contributed by atoms with Crippen molar-refractivity contribution >= 4 is 5.91 Å². The Hall–Kier alpha value is -2.55. The van der Waals surface area contributed by atoms with E-state index in [-0.39, 0.29) is 23.0 Å². The fraction of sp³-hybridized carbons (Fsp3) is 0.412. The fourth-order valence-corrected chi connectivity index (χ4v) is 2.25. The van der Waals surface area contributed by atoms with Crippen LogP contribution in [0.25, 0.3) is 11.3 Å². The number of halogens is 3. The standard InChI is InChI=1S/C17H19F3N2O4/c1-3-24-10-4-9-21-16(23)14-11(2)22-26-15(14)12-5-7-13(8-6-12)25-17(18,19)20/h5-8H,3-4,9-10H2,1-2H3,(H,21,23). The van der Waals surface area contributed by atoms with Crippen LogP contribution in [-0.2, 0) is 4.74 Å². The highest BCUT2D eigenvalue weighted by Crippen LogP contribution is 2.29. The largest absolute Gasteiger partial charge is 0.573 e. The van der Waals surface area contributed by atoms with Gasteiger partial charge in [-0.25, -0.2) is 0 Å². The van der Waals surface area contributed by atoms with Crippen molar-refractivity contribution in [1.82, 2.24) is 10.5 Å². The van der Waals surface area contributed by atoms with E-state index in [1.54, 1.807) is 6.92 Å². The lowest BCUT2D eigenvalue weighted by Gasteiger charge is -2.09. The number of aryl methyl sites for hydroxylation is 1. The maximum absolute atomic E-state index is 12.4. The zero-order valence-corrected chi connectivity index (χ0v) is 14.4. The molecule has 26 heavy (non-hydrogen) atoms. The van der Waals surface area contributed by atoms with E-state index in [1.165, 1.54) is 12.1 Å². The summed E-state index contributed by atoms with van der Waals surface area (Å²) in [5, 5.41) is 6.53. The normalized spacial score (nSPS) is 11.4. The summed E-state index contributed by atoms with van der Waals surface area (Å²) in [6.45, 7) is 5.06. The quantitative estimate of drug-likeness (QED) is 0.715. The Balaban J connectivity index is 2.10. The van der Waals surface area contributed by atoms with E-state index in [1.807, 2.05) is 6.92 Å². The lowest BCUT2D eigenvalue weighted by Crippen LogP contribution is -2.26. The van der Waals surface area contributed by atoms with E-state index in [0.717, 1.165) is 12.1 Å². The van der Waals surface area contributed by atoms with Crippen LogP contribution in [0.4, 0.5) is 13.2 Å². The van der Waals surface area contributed by atoms with Gasteiger partial charge in [-0.2, -0.15) is 0 Å². The molecule has 1 aromatic heterocycles. The first-order valence-electron chi connectivity index (χ1n) is 8.00. The average Bonchev–Trinajstić information content (AvgIpc) is 2.95. The van der Waals surface area contributed by atoms with Gasteiger partial charge in [0.1, 0.15) is 11.3 Å². The first-order chi connectivity index (χ1) is 12.3. The van der Waals surface area contributed by atoms with E-state index < -0.39 is 6.36 Å². The van der Waals surface area contributed by atoms with E-state index >= 15 is 0 Å². The molecule has 0 radical (unpaired) electrons. The van der Waals surface area contributed by atoms with E-state index in [2.05, 4.69) is 15.2 Å². The number of aromatic nitrogens is 1. The summed E-state index contributed by atoms with van der Waals surface area (Å²) in [5.41, 5.74) is 1.04. The lowest BCUT2D eigenvalue weighted by molar-refractivity contribution is -0.274. The molecule has 0 spiro atoms. The van der Waals surface area contributed by atoms with Gasteiger partial charge < -0.3 is 19.3 Å². The Morgan fingerprint density at radius 1 is 1.27 bits per heavy atom. The molecule has 0 aliphatic heterocycles.